The molecule has 1 atom stereocenters. The maximum absolute atomic E-state index is 13.8. The van der Waals surface area contributed by atoms with E-state index in [1.165, 1.54) is 0 Å². The number of nitrogens with one attached hydrogen (secondary N) is 3. The van der Waals surface area contributed by atoms with Gasteiger partial charge in [0.2, 0.25) is 15.9 Å². The third kappa shape index (κ3) is 4.63. The minimum atomic E-state index is -4.29. The number of hydrogen-bond acceptors (Lipinski definition) is 6. The van der Waals surface area contributed by atoms with Gasteiger partial charge in [0.15, 0.2) is 5.78 Å². The molecule has 200 valence electrons. The summed E-state index contributed by atoms with van der Waals surface area (Å²) in [5.74, 6) is -2.50. The van der Waals surface area contributed by atoms with Gasteiger partial charge in [0, 0.05) is 29.4 Å². The lowest BCUT2D eigenvalue weighted by Gasteiger charge is -2.30. The molecule has 1 aromatic heterocycles. The number of amides is 1. The molecule has 0 radical (unpaired) electrons. The third-order valence-electron chi connectivity index (χ3n) is 7.08. The second-order valence-corrected chi connectivity index (χ2v) is 11.9. The highest BCUT2D eigenvalue weighted by molar-refractivity contribution is 7.89. The van der Waals surface area contributed by atoms with Crippen LogP contribution in [-0.2, 0) is 33.3 Å². The van der Waals surface area contributed by atoms with Crippen molar-refractivity contribution in [3.8, 4) is 0 Å². The van der Waals surface area contributed by atoms with Gasteiger partial charge in [-0.05, 0) is 57.5 Å². The van der Waals surface area contributed by atoms with Crippen molar-refractivity contribution in [2.45, 2.75) is 56.1 Å². The molecule has 38 heavy (non-hydrogen) atoms. The molecule has 5 rings (SSSR count). The number of hydrogen-bond donors (Lipinski definition) is 3. The van der Waals surface area contributed by atoms with Crippen LogP contribution in [-0.4, -0.2) is 47.2 Å². The second kappa shape index (κ2) is 9.68. The Morgan fingerprint density at radius 2 is 1.87 bits per heavy atom. The van der Waals surface area contributed by atoms with Gasteiger partial charge in [0.25, 0.3) is 0 Å². The summed E-state index contributed by atoms with van der Waals surface area (Å²) in [6.07, 6.45) is 1.51. The highest BCUT2D eigenvalue weighted by Gasteiger charge is 2.48. The molecule has 2 aliphatic heterocycles. The number of fused-ring (bicyclic) bond motifs is 1. The average molecular weight is 544 g/mol. The van der Waals surface area contributed by atoms with Crippen LogP contribution in [0.5, 0.6) is 0 Å². The number of anilines is 1. The van der Waals surface area contributed by atoms with Crippen LogP contribution < -0.4 is 10.6 Å². The van der Waals surface area contributed by atoms with Crippen molar-refractivity contribution in [2.24, 2.45) is 0 Å². The molecule has 0 aliphatic carbocycles. The lowest BCUT2D eigenvalue weighted by molar-refractivity contribution is -0.117. The number of H-pyrrole nitrogens is 1. The molecule has 3 N–H and O–H groups in total. The van der Waals surface area contributed by atoms with Crippen molar-refractivity contribution < 1.29 is 26.8 Å². The zero-order chi connectivity index (χ0) is 27.2. The van der Waals surface area contributed by atoms with Gasteiger partial charge in [-0.15, -0.1) is 0 Å². The van der Waals surface area contributed by atoms with Crippen molar-refractivity contribution in [3.63, 3.8) is 0 Å². The highest BCUT2D eigenvalue weighted by Crippen LogP contribution is 2.42. The Labute approximate surface area is 218 Å². The lowest BCUT2D eigenvalue weighted by Crippen LogP contribution is -2.40. The van der Waals surface area contributed by atoms with Crippen LogP contribution in [0.1, 0.15) is 54.0 Å². The number of carbonyl (C=O) groups excluding carboxylic acids is 2. The van der Waals surface area contributed by atoms with Gasteiger partial charge in [-0.25, -0.2) is 17.2 Å². The molecule has 2 aromatic carbocycles. The molecule has 0 spiro atoms. The van der Waals surface area contributed by atoms with Crippen LogP contribution in [0, 0.1) is 11.6 Å². The van der Waals surface area contributed by atoms with Crippen molar-refractivity contribution in [1.29, 1.82) is 0 Å². The zero-order valence-electron chi connectivity index (χ0n) is 20.8. The van der Waals surface area contributed by atoms with E-state index in [-0.39, 0.29) is 30.7 Å². The summed E-state index contributed by atoms with van der Waals surface area (Å²) in [7, 11) is -4.29. The standard InChI is InChI=1S/C26H27F2N5O4S/c1-26(2)24-19(14-33(26)38(36,37)17-11-15(27)10-16(28)12-17)22(31-32-24)13-23(34)18-6-3-4-7-20(18)30-25(35)21-8-5-9-29-21/h3-4,6-7,10-12,21,29H,5,8-9,13-14H2,1-2H3,(H,30,35)(H,31,32)/t21-/m0/s1. The first-order chi connectivity index (χ1) is 18.0. The summed E-state index contributed by atoms with van der Waals surface area (Å²) in [5.41, 5.74) is 0.952. The van der Waals surface area contributed by atoms with Gasteiger partial charge in [-0.3, -0.25) is 14.7 Å². The van der Waals surface area contributed by atoms with E-state index in [9.17, 15) is 26.8 Å². The van der Waals surface area contributed by atoms with E-state index >= 15 is 0 Å². The van der Waals surface area contributed by atoms with E-state index in [1.54, 1.807) is 38.1 Å². The number of nitrogens with zero attached hydrogens (tertiary/aromatic N) is 2. The van der Waals surface area contributed by atoms with Gasteiger partial charge >= 0.3 is 0 Å². The molecular formula is C26H27F2N5O4S. The Bertz CT molecular complexity index is 1510. The fourth-order valence-corrected chi connectivity index (χ4v) is 6.86. The van der Waals surface area contributed by atoms with Gasteiger partial charge in [-0.1, -0.05) is 12.1 Å². The molecule has 2 aliphatic rings. The molecule has 3 heterocycles. The summed E-state index contributed by atoms with van der Waals surface area (Å²) in [6, 6.07) is 8.54. The molecule has 0 bridgehead atoms. The van der Waals surface area contributed by atoms with Gasteiger partial charge in [-0.2, -0.15) is 9.40 Å². The van der Waals surface area contributed by atoms with E-state index in [0.717, 1.165) is 35.8 Å². The summed E-state index contributed by atoms with van der Waals surface area (Å²) < 4.78 is 55.5. The summed E-state index contributed by atoms with van der Waals surface area (Å²) in [4.78, 5) is 25.4. The fourth-order valence-electron chi connectivity index (χ4n) is 5.09. The topological polar surface area (TPSA) is 124 Å². The monoisotopic (exact) mass is 543 g/mol. The van der Waals surface area contributed by atoms with Gasteiger partial charge < -0.3 is 10.6 Å². The Morgan fingerprint density at radius 1 is 1.16 bits per heavy atom. The van der Waals surface area contributed by atoms with Crippen LogP contribution in [0.3, 0.4) is 0 Å². The van der Waals surface area contributed by atoms with E-state index in [2.05, 4.69) is 20.8 Å². The molecule has 1 fully saturated rings. The Hall–Kier alpha value is -3.48. The molecule has 9 nitrogen and oxygen atoms in total. The molecule has 1 saturated heterocycles. The maximum atomic E-state index is 13.8. The zero-order valence-corrected chi connectivity index (χ0v) is 21.7. The summed E-state index contributed by atoms with van der Waals surface area (Å²) >= 11 is 0. The van der Waals surface area contributed by atoms with Crippen LogP contribution >= 0.6 is 0 Å². The number of benzene rings is 2. The number of rotatable bonds is 7. The van der Waals surface area contributed by atoms with E-state index < -0.39 is 32.1 Å². The first-order valence-electron chi connectivity index (χ1n) is 12.2. The number of para-hydroxylation sites is 1. The number of aromatic nitrogens is 2. The minimum absolute atomic E-state index is 0.116. The number of carbonyl (C=O) groups is 2. The van der Waals surface area contributed by atoms with Crippen LogP contribution in [0.4, 0.5) is 14.5 Å². The van der Waals surface area contributed by atoms with Crippen molar-refractivity contribution in [1.82, 2.24) is 19.8 Å². The Kier molecular flexibility index (Phi) is 6.66. The fraction of sp³-hybridized carbons (Fsp3) is 0.346. The lowest BCUT2D eigenvalue weighted by atomic mass is 9.98. The van der Waals surface area contributed by atoms with Crippen molar-refractivity contribution in [2.75, 3.05) is 11.9 Å². The molecule has 0 saturated carbocycles. The number of Topliss-reactive ketones (excluding diaryl/α,β-unsaturated/α-hetero) is 1. The van der Waals surface area contributed by atoms with Crippen LogP contribution in [0.25, 0.3) is 0 Å². The number of sulfonamides is 1. The molecule has 1 amide bonds. The number of aromatic amines is 1. The summed E-state index contributed by atoms with van der Waals surface area (Å²) in [5, 5.41) is 13.1. The quantitative estimate of drug-likeness (QED) is 0.393. The predicted molar refractivity (Wildman–Crippen MR) is 135 cm³/mol. The third-order valence-corrected chi connectivity index (χ3v) is 9.08. The number of halogens is 2. The van der Waals surface area contributed by atoms with E-state index in [0.29, 0.717) is 34.3 Å². The van der Waals surface area contributed by atoms with E-state index in [4.69, 9.17) is 0 Å². The van der Waals surface area contributed by atoms with Gasteiger partial charge in [0.05, 0.1) is 34.3 Å². The first-order valence-corrected chi connectivity index (χ1v) is 13.6. The SMILES string of the molecule is CC1(C)c2n[nH]c(CC(=O)c3ccccc3NC(=O)[C@@H]3CCCN3)c2CN1S(=O)(=O)c1cc(F)cc(F)c1. The normalized spacial score (nSPS) is 18.9. The van der Waals surface area contributed by atoms with Crippen LogP contribution in [0.15, 0.2) is 47.4 Å². The minimum Gasteiger partial charge on any atom is -0.324 e. The highest BCUT2D eigenvalue weighted by atomic mass is 32.2. The summed E-state index contributed by atoms with van der Waals surface area (Å²) in [6.45, 7) is 3.91. The molecule has 3 aromatic rings. The van der Waals surface area contributed by atoms with Crippen LogP contribution in [0.2, 0.25) is 0 Å². The largest absolute Gasteiger partial charge is 0.324 e. The predicted octanol–water partition coefficient (Wildman–Crippen LogP) is 3.24. The molecule has 0 unspecified atom stereocenters. The second-order valence-electron chi connectivity index (χ2n) is 9.99. The van der Waals surface area contributed by atoms with Crippen molar-refractivity contribution >= 4 is 27.4 Å². The van der Waals surface area contributed by atoms with Crippen molar-refractivity contribution in [3.05, 3.63) is 76.6 Å². The van der Waals surface area contributed by atoms with E-state index in [1.807, 2.05) is 0 Å². The Balaban J connectivity index is 1.39. The average Bonchev–Trinajstić information content (AvgIpc) is 3.58. The smallest absolute Gasteiger partial charge is 0.244 e. The Morgan fingerprint density at radius 3 is 2.55 bits per heavy atom. The van der Waals surface area contributed by atoms with Gasteiger partial charge in [0.1, 0.15) is 11.6 Å². The molecular weight excluding hydrogens is 516 g/mol. The number of ketones is 1. The molecule has 12 heteroatoms. The maximum Gasteiger partial charge on any atom is 0.244 e. The first kappa shape index (κ1) is 26.1.